The first-order valence-corrected chi connectivity index (χ1v) is 13.9. The van der Waals surface area contributed by atoms with Gasteiger partial charge < -0.3 is 24.5 Å². The predicted molar refractivity (Wildman–Crippen MR) is 135 cm³/mol. The van der Waals surface area contributed by atoms with Gasteiger partial charge in [0.05, 0.1) is 31.7 Å². The van der Waals surface area contributed by atoms with Crippen LogP contribution in [0.15, 0.2) is 12.7 Å². The van der Waals surface area contributed by atoms with Gasteiger partial charge in [0.15, 0.2) is 11.5 Å². The van der Waals surface area contributed by atoms with Crippen molar-refractivity contribution in [2.75, 3.05) is 18.7 Å². The van der Waals surface area contributed by atoms with Gasteiger partial charge in [-0.25, -0.2) is 25.1 Å². The monoisotopic (exact) mass is 527 g/mol. The standard InChI is InChI=1S/C22H38N7O6P/c1-7-8-9-33-21(30)16(5)27-36(32,28-17(6)22(31)35-14(2)3)13-34-15(4)10-29-12-26-18-19(23)24-11-25-20(18)29/h11-12,14-17H,7-10,13H2,1-6H3,(H2,23,24,25)(H2,27,28,32)/t15-,16-,17+,36?/m1/s1. The lowest BCUT2D eigenvalue weighted by Gasteiger charge is -2.27. The lowest BCUT2D eigenvalue weighted by atomic mass is 10.3. The molecule has 0 bridgehead atoms. The second-order valence-corrected chi connectivity index (χ2v) is 11.1. The number of rotatable bonds is 15. The summed E-state index contributed by atoms with van der Waals surface area (Å²) in [5.41, 5.74) is 6.86. The number of nitrogens with two attached hydrogens (primary N) is 1. The molecule has 0 saturated heterocycles. The van der Waals surface area contributed by atoms with Crippen molar-refractivity contribution in [2.24, 2.45) is 0 Å². The first-order chi connectivity index (χ1) is 17.0. The molecule has 0 fully saturated rings. The Balaban J connectivity index is 2.09. The summed E-state index contributed by atoms with van der Waals surface area (Å²) in [6.45, 7) is 10.9. The van der Waals surface area contributed by atoms with E-state index in [2.05, 4.69) is 25.1 Å². The third kappa shape index (κ3) is 8.81. The van der Waals surface area contributed by atoms with Crippen LogP contribution in [0, 0.1) is 0 Å². The summed E-state index contributed by atoms with van der Waals surface area (Å²) in [6.07, 6.45) is 3.46. The quantitative estimate of drug-likeness (QED) is 0.175. The van der Waals surface area contributed by atoms with Crippen molar-refractivity contribution in [3.05, 3.63) is 12.7 Å². The van der Waals surface area contributed by atoms with E-state index >= 15 is 0 Å². The van der Waals surface area contributed by atoms with E-state index in [0.717, 1.165) is 12.8 Å². The van der Waals surface area contributed by atoms with Crippen molar-refractivity contribution in [2.45, 2.75) is 85.2 Å². The fraction of sp³-hybridized carbons (Fsp3) is 0.682. The first-order valence-electron chi connectivity index (χ1n) is 12.0. The van der Waals surface area contributed by atoms with Crippen LogP contribution in [-0.2, 0) is 34.9 Å². The minimum absolute atomic E-state index is 0.271. The molecule has 0 aliphatic rings. The summed E-state index contributed by atoms with van der Waals surface area (Å²) in [5, 5.41) is 5.58. The molecule has 36 heavy (non-hydrogen) atoms. The van der Waals surface area contributed by atoms with Crippen LogP contribution in [0.4, 0.5) is 5.82 Å². The zero-order valence-electron chi connectivity index (χ0n) is 21.8. The highest BCUT2D eigenvalue weighted by Gasteiger charge is 2.33. The molecule has 202 valence electrons. The molecular weight excluding hydrogens is 489 g/mol. The Morgan fingerprint density at radius 2 is 1.75 bits per heavy atom. The third-order valence-electron chi connectivity index (χ3n) is 5.03. The number of ether oxygens (including phenoxy) is 3. The van der Waals surface area contributed by atoms with Gasteiger partial charge in [0.1, 0.15) is 30.3 Å². The van der Waals surface area contributed by atoms with E-state index in [0.29, 0.717) is 17.7 Å². The minimum atomic E-state index is -3.62. The summed E-state index contributed by atoms with van der Waals surface area (Å²) in [4.78, 5) is 37.0. The molecule has 4 N–H and O–H groups in total. The molecule has 0 spiro atoms. The van der Waals surface area contributed by atoms with E-state index in [1.165, 1.54) is 13.3 Å². The van der Waals surface area contributed by atoms with Crippen LogP contribution < -0.4 is 15.9 Å². The number of imidazole rings is 1. The Hall–Kier alpha value is -2.60. The van der Waals surface area contributed by atoms with Crippen molar-refractivity contribution in [3.8, 4) is 0 Å². The van der Waals surface area contributed by atoms with Crippen LogP contribution >= 0.6 is 7.44 Å². The van der Waals surface area contributed by atoms with Crippen molar-refractivity contribution in [3.63, 3.8) is 0 Å². The number of aromatic nitrogens is 4. The number of nitrogens with zero attached hydrogens (tertiary/aromatic N) is 4. The molecule has 0 saturated carbocycles. The zero-order valence-corrected chi connectivity index (χ0v) is 22.7. The lowest BCUT2D eigenvalue weighted by Crippen LogP contribution is -2.43. The van der Waals surface area contributed by atoms with E-state index in [1.807, 2.05) is 6.92 Å². The summed E-state index contributed by atoms with van der Waals surface area (Å²) in [5.74, 6) is -0.842. The maximum atomic E-state index is 13.8. The molecule has 0 radical (unpaired) electrons. The Morgan fingerprint density at radius 3 is 2.39 bits per heavy atom. The SMILES string of the molecule is CCCCOC(=O)[C@@H](C)NP(=O)(CO[C@H](C)Cn1cnc2c(N)ncnc21)N[C@@H](C)C(=O)OC(C)C. The second kappa shape index (κ2) is 13.6. The maximum Gasteiger partial charge on any atom is 0.323 e. The smallest absolute Gasteiger partial charge is 0.323 e. The van der Waals surface area contributed by atoms with Gasteiger partial charge in [-0.05, 0) is 41.0 Å². The van der Waals surface area contributed by atoms with E-state index in [9.17, 15) is 14.2 Å². The van der Waals surface area contributed by atoms with Crippen molar-refractivity contribution < 1.29 is 28.4 Å². The number of nitrogens with one attached hydrogen (secondary N) is 2. The lowest BCUT2D eigenvalue weighted by molar-refractivity contribution is -0.149. The van der Waals surface area contributed by atoms with Crippen LogP contribution in [0.2, 0.25) is 0 Å². The second-order valence-electron chi connectivity index (χ2n) is 8.88. The van der Waals surface area contributed by atoms with Crippen molar-refractivity contribution >= 4 is 36.4 Å². The van der Waals surface area contributed by atoms with Gasteiger partial charge in [0.25, 0.3) is 0 Å². The van der Waals surface area contributed by atoms with Gasteiger partial charge in [-0.1, -0.05) is 13.3 Å². The number of unbranched alkanes of at least 4 members (excludes halogenated alkanes) is 1. The predicted octanol–water partition coefficient (Wildman–Crippen LogP) is 2.22. The number of carbonyl (C=O) groups excluding carboxylic acids is 2. The van der Waals surface area contributed by atoms with Crippen LogP contribution in [0.25, 0.3) is 11.2 Å². The van der Waals surface area contributed by atoms with Gasteiger partial charge in [-0.3, -0.25) is 14.2 Å². The molecule has 4 atom stereocenters. The zero-order chi connectivity index (χ0) is 26.9. The highest BCUT2D eigenvalue weighted by atomic mass is 31.2. The largest absolute Gasteiger partial charge is 0.465 e. The normalized spacial score (nSPS) is 15.9. The van der Waals surface area contributed by atoms with E-state index in [1.54, 1.807) is 38.6 Å². The molecule has 2 rings (SSSR count). The number of nitrogen functional groups attached to an aromatic ring is 1. The number of hydrogen-bond acceptors (Lipinski definition) is 10. The topological polar surface area (TPSA) is 173 Å². The Labute approximate surface area is 211 Å². The summed E-state index contributed by atoms with van der Waals surface area (Å²) in [7, 11) is -3.62. The third-order valence-corrected chi connectivity index (χ3v) is 7.15. The molecule has 1 unspecified atom stereocenters. The highest BCUT2D eigenvalue weighted by Crippen LogP contribution is 2.38. The molecule has 14 heteroatoms. The van der Waals surface area contributed by atoms with Crippen LogP contribution in [0.5, 0.6) is 0 Å². The van der Waals surface area contributed by atoms with Gasteiger partial charge in [-0.15, -0.1) is 0 Å². The number of anilines is 1. The number of fused-ring (bicyclic) bond motifs is 1. The summed E-state index contributed by atoms with van der Waals surface area (Å²) < 4.78 is 31.9. The molecule has 2 heterocycles. The molecule has 0 amide bonds. The van der Waals surface area contributed by atoms with E-state index < -0.39 is 37.6 Å². The van der Waals surface area contributed by atoms with Gasteiger partial charge in [0, 0.05) is 0 Å². The van der Waals surface area contributed by atoms with Gasteiger partial charge in [0.2, 0.25) is 7.44 Å². The Morgan fingerprint density at radius 1 is 1.08 bits per heavy atom. The average molecular weight is 528 g/mol. The Bertz CT molecular complexity index is 1060. The van der Waals surface area contributed by atoms with E-state index in [-0.39, 0.29) is 24.9 Å². The fourth-order valence-electron chi connectivity index (χ4n) is 3.21. The van der Waals surface area contributed by atoms with Crippen LogP contribution in [0.3, 0.4) is 0 Å². The number of esters is 2. The molecular formula is C22H38N7O6P. The van der Waals surface area contributed by atoms with Gasteiger partial charge >= 0.3 is 11.9 Å². The molecule has 2 aromatic rings. The fourth-order valence-corrected chi connectivity index (χ4v) is 5.36. The summed E-state index contributed by atoms with van der Waals surface area (Å²) in [6, 6.07) is -1.81. The van der Waals surface area contributed by atoms with Gasteiger partial charge in [-0.2, -0.15) is 0 Å². The molecule has 0 aliphatic carbocycles. The van der Waals surface area contributed by atoms with Crippen LogP contribution in [-0.4, -0.2) is 68.7 Å². The summed E-state index contributed by atoms with van der Waals surface area (Å²) >= 11 is 0. The average Bonchev–Trinajstić information content (AvgIpc) is 3.21. The number of carbonyl (C=O) groups is 2. The van der Waals surface area contributed by atoms with Crippen molar-refractivity contribution in [1.82, 2.24) is 29.7 Å². The Kier molecular flexibility index (Phi) is 11.2. The van der Waals surface area contributed by atoms with Crippen molar-refractivity contribution in [1.29, 1.82) is 0 Å². The number of hydrogen-bond donors (Lipinski definition) is 3. The minimum Gasteiger partial charge on any atom is -0.465 e. The molecule has 0 aliphatic heterocycles. The molecule has 0 aromatic carbocycles. The maximum absolute atomic E-state index is 13.8. The van der Waals surface area contributed by atoms with Crippen LogP contribution in [0.1, 0.15) is 54.4 Å². The first kappa shape index (κ1) is 29.6. The highest BCUT2D eigenvalue weighted by molar-refractivity contribution is 7.59. The molecule has 2 aromatic heterocycles. The van der Waals surface area contributed by atoms with E-state index in [4.69, 9.17) is 19.9 Å². The molecule has 13 nitrogen and oxygen atoms in total.